The molecular formula is C19H21N3. The largest absolute Gasteiger partial charge is 0.346 e. The van der Waals surface area contributed by atoms with Crippen LogP contribution >= 0.6 is 0 Å². The van der Waals surface area contributed by atoms with Gasteiger partial charge in [0.15, 0.2) is 0 Å². The highest BCUT2D eigenvalue weighted by molar-refractivity contribution is 5.63. The van der Waals surface area contributed by atoms with Crippen molar-refractivity contribution < 1.29 is 0 Å². The van der Waals surface area contributed by atoms with Gasteiger partial charge >= 0.3 is 0 Å². The quantitative estimate of drug-likeness (QED) is 0.754. The third kappa shape index (κ3) is 3.43. The molecule has 0 aliphatic carbocycles. The zero-order chi connectivity index (χ0) is 15.4. The molecule has 3 nitrogen and oxygen atoms in total. The zero-order valence-corrected chi connectivity index (χ0v) is 12.8. The summed E-state index contributed by atoms with van der Waals surface area (Å²) >= 11 is 0. The lowest BCUT2D eigenvalue weighted by Crippen LogP contribution is -1.95. The Morgan fingerprint density at radius 1 is 0.864 bits per heavy atom. The number of hydrogen-bond acceptors (Lipinski definition) is 2. The fourth-order valence-electron chi connectivity index (χ4n) is 2.57. The number of hydrogen-bond donors (Lipinski definition) is 2. The molecular weight excluding hydrogens is 270 g/mol. The highest BCUT2D eigenvalue weighted by Crippen LogP contribution is 2.20. The van der Waals surface area contributed by atoms with Crippen LogP contribution in [-0.4, -0.2) is 9.97 Å². The first-order valence-electron chi connectivity index (χ1n) is 7.63. The molecule has 3 aromatic rings. The van der Waals surface area contributed by atoms with Crippen LogP contribution in [0.1, 0.15) is 22.6 Å². The molecule has 3 heteroatoms. The van der Waals surface area contributed by atoms with E-state index in [9.17, 15) is 0 Å². The number of H-pyrrole nitrogens is 1. The van der Waals surface area contributed by atoms with E-state index in [1.807, 2.05) is 13.1 Å². The smallest absolute Gasteiger partial charge is 0.103 e. The molecule has 1 aromatic heterocycles. The minimum absolute atomic E-state index is 0.590. The number of benzene rings is 2. The number of aromatic amines is 1. The average Bonchev–Trinajstić information content (AvgIpc) is 2.99. The Bertz CT molecular complexity index is 724. The van der Waals surface area contributed by atoms with E-state index >= 15 is 0 Å². The van der Waals surface area contributed by atoms with Gasteiger partial charge in [-0.1, -0.05) is 48.5 Å². The average molecular weight is 291 g/mol. The van der Waals surface area contributed by atoms with Crippen molar-refractivity contribution in [1.82, 2.24) is 9.97 Å². The van der Waals surface area contributed by atoms with Crippen LogP contribution in [0.15, 0.2) is 54.7 Å². The first kappa shape index (κ1) is 14.5. The second-order valence-corrected chi connectivity index (χ2v) is 5.59. The summed E-state index contributed by atoms with van der Waals surface area (Å²) in [5, 5.41) is 0. The molecule has 2 aromatic carbocycles. The molecule has 22 heavy (non-hydrogen) atoms. The van der Waals surface area contributed by atoms with E-state index in [0.717, 1.165) is 24.2 Å². The maximum Gasteiger partial charge on any atom is 0.103 e. The summed E-state index contributed by atoms with van der Waals surface area (Å²) in [7, 11) is 0. The normalized spacial score (nSPS) is 10.8. The summed E-state index contributed by atoms with van der Waals surface area (Å²) in [5.41, 5.74) is 11.8. The monoisotopic (exact) mass is 291 g/mol. The molecule has 0 atom stereocenters. The number of nitrogens with two attached hydrogens (primary N) is 1. The standard InChI is InChI=1S/C19H21N3/c1-14-21-13-19(22-14)11-6-15-2-7-17(8-3-15)18-9-4-16(12-20)5-10-18/h2-5,7-10,13H,6,11-12,20H2,1H3,(H,21,22). The third-order valence-electron chi connectivity index (χ3n) is 3.92. The maximum atomic E-state index is 5.63. The molecule has 0 aliphatic rings. The Morgan fingerprint density at radius 3 is 1.95 bits per heavy atom. The highest BCUT2D eigenvalue weighted by atomic mass is 14.9. The van der Waals surface area contributed by atoms with Crippen molar-refractivity contribution in [2.24, 2.45) is 5.73 Å². The molecule has 0 unspecified atom stereocenters. The van der Waals surface area contributed by atoms with E-state index in [0.29, 0.717) is 6.54 Å². The summed E-state index contributed by atoms with van der Waals surface area (Å²) in [6.45, 7) is 2.57. The van der Waals surface area contributed by atoms with Gasteiger partial charge in [0.05, 0.1) is 0 Å². The van der Waals surface area contributed by atoms with Crippen LogP contribution in [-0.2, 0) is 19.4 Å². The minimum atomic E-state index is 0.590. The molecule has 0 spiro atoms. The lowest BCUT2D eigenvalue weighted by Gasteiger charge is -2.05. The van der Waals surface area contributed by atoms with Gasteiger partial charge in [0.25, 0.3) is 0 Å². The van der Waals surface area contributed by atoms with E-state index in [2.05, 4.69) is 58.5 Å². The van der Waals surface area contributed by atoms with Gasteiger partial charge in [-0.15, -0.1) is 0 Å². The van der Waals surface area contributed by atoms with Crippen molar-refractivity contribution >= 4 is 0 Å². The van der Waals surface area contributed by atoms with E-state index in [1.165, 1.54) is 22.4 Å². The Hall–Kier alpha value is -2.39. The number of rotatable bonds is 5. The molecule has 3 N–H and O–H groups in total. The van der Waals surface area contributed by atoms with Gasteiger partial charge in [-0.05, 0) is 42.0 Å². The van der Waals surface area contributed by atoms with Gasteiger partial charge in [0.2, 0.25) is 0 Å². The van der Waals surface area contributed by atoms with E-state index < -0.39 is 0 Å². The van der Waals surface area contributed by atoms with E-state index in [-0.39, 0.29) is 0 Å². The molecule has 0 amide bonds. The summed E-state index contributed by atoms with van der Waals surface area (Å²) in [6, 6.07) is 17.2. The molecule has 0 saturated carbocycles. The fourth-order valence-corrected chi connectivity index (χ4v) is 2.57. The molecule has 0 bridgehead atoms. The van der Waals surface area contributed by atoms with Gasteiger partial charge in [-0.3, -0.25) is 0 Å². The van der Waals surface area contributed by atoms with Crippen molar-refractivity contribution in [3.63, 3.8) is 0 Å². The van der Waals surface area contributed by atoms with Crippen LogP contribution in [0.2, 0.25) is 0 Å². The SMILES string of the molecule is Cc1ncc(CCc2ccc(-c3ccc(CN)cc3)cc2)[nH]1. The first-order chi connectivity index (χ1) is 10.7. The van der Waals surface area contributed by atoms with Crippen LogP contribution in [0, 0.1) is 6.92 Å². The molecule has 112 valence electrons. The van der Waals surface area contributed by atoms with E-state index in [4.69, 9.17) is 5.73 Å². The number of imidazole rings is 1. The predicted molar refractivity (Wildman–Crippen MR) is 90.5 cm³/mol. The zero-order valence-electron chi connectivity index (χ0n) is 12.8. The Kier molecular flexibility index (Phi) is 4.35. The third-order valence-corrected chi connectivity index (χ3v) is 3.92. The maximum absolute atomic E-state index is 5.63. The summed E-state index contributed by atoms with van der Waals surface area (Å²) in [6.07, 6.45) is 3.93. The lowest BCUT2D eigenvalue weighted by atomic mass is 10.0. The number of aromatic nitrogens is 2. The molecule has 0 aliphatic heterocycles. The van der Waals surface area contributed by atoms with Gasteiger partial charge < -0.3 is 10.7 Å². The minimum Gasteiger partial charge on any atom is -0.346 e. The molecule has 0 saturated heterocycles. The van der Waals surface area contributed by atoms with Crippen molar-refractivity contribution in [1.29, 1.82) is 0 Å². The first-order valence-corrected chi connectivity index (χ1v) is 7.63. The summed E-state index contributed by atoms with van der Waals surface area (Å²) in [4.78, 5) is 7.51. The van der Waals surface area contributed by atoms with Crippen molar-refractivity contribution in [3.8, 4) is 11.1 Å². The number of nitrogens with zero attached hydrogens (tertiary/aromatic N) is 1. The molecule has 1 heterocycles. The molecule has 0 radical (unpaired) electrons. The van der Waals surface area contributed by atoms with Crippen LogP contribution in [0.4, 0.5) is 0 Å². The summed E-state index contributed by atoms with van der Waals surface area (Å²) < 4.78 is 0. The van der Waals surface area contributed by atoms with Gasteiger partial charge in [0.1, 0.15) is 5.82 Å². The van der Waals surface area contributed by atoms with E-state index in [1.54, 1.807) is 0 Å². The van der Waals surface area contributed by atoms with Gasteiger partial charge in [-0.25, -0.2) is 4.98 Å². The van der Waals surface area contributed by atoms with Crippen molar-refractivity contribution in [2.45, 2.75) is 26.3 Å². The fraction of sp³-hybridized carbons (Fsp3) is 0.211. The topological polar surface area (TPSA) is 54.7 Å². The Morgan fingerprint density at radius 2 is 1.45 bits per heavy atom. The van der Waals surface area contributed by atoms with Crippen molar-refractivity contribution in [2.75, 3.05) is 0 Å². The number of aryl methyl sites for hydroxylation is 3. The second kappa shape index (κ2) is 6.58. The van der Waals surface area contributed by atoms with Gasteiger partial charge in [-0.2, -0.15) is 0 Å². The molecule has 0 fully saturated rings. The van der Waals surface area contributed by atoms with Crippen LogP contribution in [0.5, 0.6) is 0 Å². The lowest BCUT2D eigenvalue weighted by molar-refractivity contribution is 0.920. The molecule has 3 rings (SSSR count). The highest BCUT2D eigenvalue weighted by Gasteiger charge is 2.01. The Labute approximate surface area is 131 Å². The number of nitrogens with one attached hydrogen (secondary N) is 1. The second-order valence-electron chi connectivity index (χ2n) is 5.59. The van der Waals surface area contributed by atoms with Crippen LogP contribution in [0.25, 0.3) is 11.1 Å². The van der Waals surface area contributed by atoms with Crippen LogP contribution < -0.4 is 5.73 Å². The van der Waals surface area contributed by atoms with Crippen LogP contribution in [0.3, 0.4) is 0 Å². The predicted octanol–water partition coefficient (Wildman–Crippen LogP) is 3.63. The summed E-state index contributed by atoms with van der Waals surface area (Å²) in [5.74, 6) is 0.978. The Balaban J connectivity index is 1.66. The van der Waals surface area contributed by atoms with Gasteiger partial charge in [0, 0.05) is 18.4 Å². The van der Waals surface area contributed by atoms with Crippen molar-refractivity contribution in [3.05, 3.63) is 77.4 Å².